The highest BCUT2D eigenvalue weighted by Gasteiger charge is 1.87. The lowest BCUT2D eigenvalue weighted by Crippen LogP contribution is -1.79. The molecule has 0 unspecified atom stereocenters. The summed E-state index contributed by atoms with van der Waals surface area (Å²) in [6.45, 7) is 2.15. The number of hydrogen-bond donors (Lipinski definition) is 0. The standard InChI is InChI=1S/C11H14O/c1-3-10-4-6-11(7-5-10)8-9-12-2/h4-9H,3H2,1-2H3/b9-8+. The van der Waals surface area contributed by atoms with Crippen molar-refractivity contribution in [2.75, 3.05) is 7.11 Å². The van der Waals surface area contributed by atoms with Crippen molar-refractivity contribution in [2.24, 2.45) is 0 Å². The van der Waals surface area contributed by atoms with Crippen LogP contribution in [0, 0.1) is 0 Å². The maximum atomic E-state index is 4.82. The minimum absolute atomic E-state index is 1.09. The first-order chi connectivity index (χ1) is 5.86. The predicted molar refractivity (Wildman–Crippen MR) is 51.9 cm³/mol. The Labute approximate surface area is 73.7 Å². The van der Waals surface area contributed by atoms with Gasteiger partial charge in [-0.3, -0.25) is 0 Å². The zero-order valence-electron chi connectivity index (χ0n) is 7.58. The first-order valence-electron chi connectivity index (χ1n) is 4.15. The van der Waals surface area contributed by atoms with E-state index in [9.17, 15) is 0 Å². The maximum absolute atomic E-state index is 4.82. The van der Waals surface area contributed by atoms with E-state index in [4.69, 9.17) is 4.74 Å². The number of benzene rings is 1. The maximum Gasteiger partial charge on any atom is 0.0830 e. The molecule has 64 valence electrons. The molecule has 0 aliphatic rings. The second kappa shape index (κ2) is 4.60. The third-order valence-electron chi connectivity index (χ3n) is 1.78. The van der Waals surface area contributed by atoms with Crippen molar-refractivity contribution in [3.8, 4) is 0 Å². The molecule has 0 atom stereocenters. The van der Waals surface area contributed by atoms with E-state index < -0.39 is 0 Å². The summed E-state index contributed by atoms with van der Waals surface area (Å²) in [5, 5.41) is 0. The Bertz CT molecular complexity index is 246. The van der Waals surface area contributed by atoms with Crippen molar-refractivity contribution >= 4 is 6.08 Å². The van der Waals surface area contributed by atoms with E-state index in [0.29, 0.717) is 0 Å². The molecular weight excluding hydrogens is 148 g/mol. The van der Waals surface area contributed by atoms with Crippen LogP contribution in [-0.2, 0) is 11.2 Å². The van der Waals surface area contributed by atoms with Gasteiger partial charge in [0, 0.05) is 0 Å². The number of rotatable bonds is 3. The molecule has 1 aromatic carbocycles. The van der Waals surface area contributed by atoms with E-state index in [0.717, 1.165) is 6.42 Å². The van der Waals surface area contributed by atoms with Gasteiger partial charge in [-0.2, -0.15) is 0 Å². The molecule has 0 heterocycles. The minimum atomic E-state index is 1.09. The summed E-state index contributed by atoms with van der Waals surface area (Å²) in [5.74, 6) is 0. The van der Waals surface area contributed by atoms with Crippen molar-refractivity contribution in [1.82, 2.24) is 0 Å². The van der Waals surface area contributed by atoms with Gasteiger partial charge in [-0.25, -0.2) is 0 Å². The summed E-state index contributed by atoms with van der Waals surface area (Å²) in [5.41, 5.74) is 2.54. The molecule has 1 nitrogen and oxygen atoms in total. The molecule has 1 rings (SSSR count). The number of methoxy groups -OCH3 is 1. The first-order valence-corrected chi connectivity index (χ1v) is 4.15. The Morgan fingerprint density at radius 3 is 2.42 bits per heavy atom. The van der Waals surface area contributed by atoms with Crippen LogP contribution in [0.3, 0.4) is 0 Å². The van der Waals surface area contributed by atoms with Crippen LogP contribution < -0.4 is 0 Å². The summed E-state index contributed by atoms with van der Waals surface area (Å²) >= 11 is 0. The van der Waals surface area contributed by atoms with Gasteiger partial charge < -0.3 is 4.74 Å². The van der Waals surface area contributed by atoms with Crippen molar-refractivity contribution < 1.29 is 4.74 Å². The summed E-state index contributed by atoms with van der Waals surface area (Å²) in [6.07, 6.45) is 4.72. The summed E-state index contributed by atoms with van der Waals surface area (Å²) in [7, 11) is 1.65. The Kier molecular flexibility index (Phi) is 3.39. The lowest BCUT2D eigenvalue weighted by molar-refractivity contribution is 0.341. The zero-order valence-corrected chi connectivity index (χ0v) is 7.58. The largest absolute Gasteiger partial charge is 0.504 e. The predicted octanol–water partition coefficient (Wildman–Crippen LogP) is 2.87. The molecule has 0 saturated heterocycles. The van der Waals surface area contributed by atoms with Gasteiger partial charge in [0.25, 0.3) is 0 Å². The monoisotopic (exact) mass is 162 g/mol. The van der Waals surface area contributed by atoms with Crippen molar-refractivity contribution in [1.29, 1.82) is 0 Å². The Hall–Kier alpha value is -1.24. The molecule has 0 radical (unpaired) electrons. The zero-order chi connectivity index (χ0) is 8.81. The lowest BCUT2D eigenvalue weighted by Gasteiger charge is -1.96. The molecule has 12 heavy (non-hydrogen) atoms. The molecule has 0 amide bonds. The second-order valence-electron chi connectivity index (χ2n) is 2.63. The van der Waals surface area contributed by atoms with Crippen LogP contribution in [0.15, 0.2) is 30.5 Å². The fourth-order valence-electron chi connectivity index (χ4n) is 1.01. The van der Waals surface area contributed by atoms with Gasteiger partial charge in [-0.05, 0) is 23.6 Å². The fraction of sp³-hybridized carbons (Fsp3) is 0.273. The fourth-order valence-corrected chi connectivity index (χ4v) is 1.01. The van der Waals surface area contributed by atoms with Gasteiger partial charge in [-0.1, -0.05) is 31.2 Å². The molecule has 0 N–H and O–H groups in total. The molecule has 1 aromatic rings. The van der Waals surface area contributed by atoms with Crippen molar-refractivity contribution in [3.63, 3.8) is 0 Å². The van der Waals surface area contributed by atoms with E-state index in [2.05, 4.69) is 31.2 Å². The van der Waals surface area contributed by atoms with Crippen LogP contribution in [0.2, 0.25) is 0 Å². The molecule has 0 fully saturated rings. The van der Waals surface area contributed by atoms with Crippen LogP contribution in [0.5, 0.6) is 0 Å². The smallest absolute Gasteiger partial charge is 0.0830 e. The highest BCUT2D eigenvalue weighted by Crippen LogP contribution is 2.06. The van der Waals surface area contributed by atoms with E-state index in [-0.39, 0.29) is 0 Å². The molecule has 1 heteroatoms. The molecule has 0 aliphatic carbocycles. The van der Waals surface area contributed by atoms with Gasteiger partial charge in [0.15, 0.2) is 0 Å². The second-order valence-corrected chi connectivity index (χ2v) is 2.63. The Morgan fingerprint density at radius 2 is 1.92 bits per heavy atom. The minimum Gasteiger partial charge on any atom is -0.504 e. The molecule has 0 bridgehead atoms. The van der Waals surface area contributed by atoms with Crippen LogP contribution in [0.4, 0.5) is 0 Å². The number of aryl methyl sites for hydroxylation is 1. The third-order valence-corrected chi connectivity index (χ3v) is 1.78. The molecule has 0 aromatic heterocycles. The summed E-state index contributed by atoms with van der Waals surface area (Å²) in [6, 6.07) is 8.45. The number of hydrogen-bond acceptors (Lipinski definition) is 1. The van der Waals surface area contributed by atoms with Gasteiger partial charge in [0.2, 0.25) is 0 Å². The first kappa shape index (κ1) is 8.85. The molecule has 0 saturated carbocycles. The van der Waals surface area contributed by atoms with Crippen molar-refractivity contribution in [2.45, 2.75) is 13.3 Å². The van der Waals surface area contributed by atoms with Crippen LogP contribution >= 0.6 is 0 Å². The molecular formula is C11H14O. The van der Waals surface area contributed by atoms with E-state index in [1.807, 2.05) is 6.08 Å². The van der Waals surface area contributed by atoms with E-state index in [1.54, 1.807) is 13.4 Å². The van der Waals surface area contributed by atoms with Gasteiger partial charge in [-0.15, -0.1) is 0 Å². The highest BCUT2D eigenvalue weighted by molar-refractivity contribution is 5.48. The topological polar surface area (TPSA) is 9.23 Å². The molecule has 0 aliphatic heterocycles. The number of ether oxygens (including phenoxy) is 1. The summed E-state index contributed by atoms with van der Waals surface area (Å²) < 4.78 is 4.82. The Morgan fingerprint density at radius 1 is 1.25 bits per heavy atom. The average Bonchev–Trinajstić information content (AvgIpc) is 2.15. The van der Waals surface area contributed by atoms with Gasteiger partial charge in [0.05, 0.1) is 13.4 Å². The van der Waals surface area contributed by atoms with Gasteiger partial charge >= 0.3 is 0 Å². The quantitative estimate of drug-likeness (QED) is 0.621. The van der Waals surface area contributed by atoms with Crippen molar-refractivity contribution in [3.05, 3.63) is 41.7 Å². The third kappa shape index (κ3) is 2.42. The van der Waals surface area contributed by atoms with Crippen LogP contribution in [0.25, 0.3) is 6.08 Å². The van der Waals surface area contributed by atoms with E-state index >= 15 is 0 Å². The Balaban J connectivity index is 2.71. The highest BCUT2D eigenvalue weighted by atomic mass is 16.5. The van der Waals surface area contributed by atoms with Crippen LogP contribution in [0.1, 0.15) is 18.1 Å². The van der Waals surface area contributed by atoms with Gasteiger partial charge in [0.1, 0.15) is 0 Å². The van der Waals surface area contributed by atoms with Crippen LogP contribution in [-0.4, -0.2) is 7.11 Å². The van der Waals surface area contributed by atoms with E-state index in [1.165, 1.54) is 11.1 Å². The average molecular weight is 162 g/mol. The SMILES string of the molecule is CCc1ccc(/C=C/OC)cc1. The molecule has 0 spiro atoms. The summed E-state index contributed by atoms with van der Waals surface area (Å²) in [4.78, 5) is 0. The normalized spacial score (nSPS) is 10.5. The lowest BCUT2D eigenvalue weighted by atomic mass is 10.1.